The van der Waals surface area contributed by atoms with E-state index in [-0.39, 0.29) is 11.4 Å². The van der Waals surface area contributed by atoms with Crippen molar-refractivity contribution in [1.82, 2.24) is 0 Å². The van der Waals surface area contributed by atoms with Crippen LogP contribution in [0.1, 0.15) is 36.7 Å². The molecule has 1 radical (unpaired) electrons. The maximum absolute atomic E-state index is 11.7. The van der Waals surface area contributed by atoms with E-state index in [0.717, 1.165) is 5.56 Å². The van der Waals surface area contributed by atoms with Crippen molar-refractivity contribution in [2.75, 3.05) is 7.11 Å². The Kier molecular flexibility index (Phi) is 4.57. The molecule has 0 saturated carbocycles. The summed E-state index contributed by atoms with van der Waals surface area (Å²) in [5.74, 6) is 0.280. The number of hydrogen-bond donors (Lipinski definition) is 0. The van der Waals surface area contributed by atoms with Crippen molar-refractivity contribution in [3.8, 4) is 5.75 Å². The van der Waals surface area contributed by atoms with E-state index >= 15 is 0 Å². The third kappa shape index (κ3) is 3.60. The van der Waals surface area contributed by atoms with Crippen LogP contribution in [0, 0.1) is 0 Å². The first kappa shape index (κ1) is 14.8. The largest absolute Gasteiger partial charge is 0.542 e. The highest BCUT2D eigenvalue weighted by atomic mass is 28.3. The van der Waals surface area contributed by atoms with E-state index in [1.165, 1.54) is 7.11 Å². The number of methoxy groups -OCH3 is 1. The lowest BCUT2D eigenvalue weighted by Crippen LogP contribution is -2.17. The molecule has 0 fully saturated rings. The monoisotopic (exact) mass is 265 g/mol. The second-order valence-electron chi connectivity index (χ2n) is 5.46. The summed E-state index contributed by atoms with van der Waals surface area (Å²) in [6.45, 7) is 10.5. The molecule has 1 rings (SSSR count). The van der Waals surface area contributed by atoms with Crippen LogP contribution in [-0.4, -0.2) is 22.1 Å². The van der Waals surface area contributed by atoms with Crippen LogP contribution in [0.3, 0.4) is 0 Å². The molecular weight excluding hydrogens is 244 g/mol. The van der Waals surface area contributed by atoms with Crippen molar-refractivity contribution < 1.29 is 14.0 Å². The van der Waals surface area contributed by atoms with Crippen molar-refractivity contribution >= 4 is 15.0 Å². The summed E-state index contributed by atoms with van der Waals surface area (Å²) in [7, 11) is 0.463. The van der Waals surface area contributed by atoms with Gasteiger partial charge in [0.1, 0.15) is 11.3 Å². The van der Waals surface area contributed by atoms with Gasteiger partial charge in [0, 0.05) is 0 Å². The van der Waals surface area contributed by atoms with Gasteiger partial charge in [0.05, 0.1) is 7.11 Å². The maximum atomic E-state index is 11.7. The van der Waals surface area contributed by atoms with E-state index in [2.05, 4.69) is 20.8 Å². The van der Waals surface area contributed by atoms with E-state index in [0.29, 0.717) is 11.3 Å². The fourth-order valence-electron chi connectivity index (χ4n) is 1.57. The van der Waals surface area contributed by atoms with Crippen LogP contribution in [0.5, 0.6) is 5.75 Å². The third-order valence-corrected chi connectivity index (χ3v) is 3.20. The minimum atomic E-state index is -0.919. The number of rotatable bonds is 3. The maximum Gasteiger partial charge on any atom is 0.341 e. The summed E-state index contributed by atoms with van der Waals surface area (Å²) >= 11 is 0. The van der Waals surface area contributed by atoms with Crippen LogP contribution >= 0.6 is 0 Å². The quantitative estimate of drug-likeness (QED) is 0.620. The number of ether oxygens (including phenoxy) is 1. The van der Waals surface area contributed by atoms with E-state index in [4.69, 9.17) is 9.16 Å². The first-order chi connectivity index (χ1) is 8.25. The summed E-state index contributed by atoms with van der Waals surface area (Å²) in [6.07, 6.45) is 0. The molecule has 0 saturated heterocycles. The van der Waals surface area contributed by atoms with E-state index in [1.54, 1.807) is 6.07 Å². The Morgan fingerprint density at radius 3 is 2.28 bits per heavy atom. The van der Waals surface area contributed by atoms with Crippen molar-refractivity contribution in [2.45, 2.75) is 39.3 Å². The Bertz CT molecular complexity index is 433. The summed E-state index contributed by atoms with van der Waals surface area (Å²) in [4.78, 5) is 11.7. The van der Waals surface area contributed by atoms with Gasteiger partial charge >= 0.3 is 5.97 Å². The molecule has 0 unspecified atom stereocenters. The molecule has 99 valence electrons. The van der Waals surface area contributed by atoms with Gasteiger partial charge in [0.2, 0.25) is 0 Å². The smallest absolute Gasteiger partial charge is 0.341 e. The molecule has 0 aromatic heterocycles. The van der Waals surface area contributed by atoms with Crippen molar-refractivity contribution in [3.05, 3.63) is 29.3 Å². The number of hydrogen-bond acceptors (Lipinski definition) is 3. The van der Waals surface area contributed by atoms with Gasteiger partial charge in [-0.3, -0.25) is 0 Å². The zero-order valence-corrected chi connectivity index (χ0v) is 13.0. The average Bonchev–Trinajstić information content (AvgIpc) is 2.26. The summed E-state index contributed by atoms with van der Waals surface area (Å²) < 4.78 is 10.6. The standard InChI is InChI=1S/C14H21O3Si/c1-14(2,3)10-7-8-11(13(15)16-4)12(9-10)17-18(5)6/h7-9H,1-6H3. The predicted octanol–water partition coefficient (Wildman–Crippen LogP) is 3.40. The number of carbonyl (C=O) groups is 1. The van der Waals surface area contributed by atoms with Crippen LogP contribution in [0.4, 0.5) is 0 Å². The number of esters is 1. The van der Waals surface area contributed by atoms with E-state index < -0.39 is 9.04 Å². The predicted molar refractivity (Wildman–Crippen MR) is 74.6 cm³/mol. The van der Waals surface area contributed by atoms with Crippen LogP contribution in [0.25, 0.3) is 0 Å². The highest BCUT2D eigenvalue weighted by molar-refractivity contribution is 6.49. The van der Waals surface area contributed by atoms with Crippen LogP contribution in [0.15, 0.2) is 18.2 Å². The Balaban J connectivity index is 3.24. The van der Waals surface area contributed by atoms with Crippen LogP contribution in [0.2, 0.25) is 13.1 Å². The Morgan fingerprint density at radius 2 is 1.83 bits per heavy atom. The normalized spacial score (nSPS) is 11.5. The topological polar surface area (TPSA) is 35.5 Å². The molecular formula is C14H21O3Si. The molecule has 0 aliphatic rings. The Labute approximate surface area is 111 Å². The van der Waals surface area contributed by atoms with Crippen molar-refractivity contribution in [2.24, 2.45) is 0 Å². The van der Waals surface area contributed by atoms with Crippen LogP contribution < -0.4 is 4.43 Å². The molecule has 0 N–H and O–H groups in total. The first-order valence-electron chi connectivity index (χ1n) is 5.96. The zero-order valence-electron chi connectivity index (χ0n) is 12.0. The summed E-state index contributed by atoms with van der Waals surface area (Å²) in [5, 5.41) is 0. The lowest BCUT2D eigenvalue weighted by atomic mass is 9.86. The zero-order chi connectivity index (χ0) is 13.9. The van der Waals surface area contributed by atoms with Gasteiger partial charge in [-0.2, -0.15) is 0 Å². The lowest BCUT2D eigenvalue weighted by Gasteiger charge is -2.21. The highest BCUT2D eigenvalue weighted by Gasteiger charge is 2.20. The molecule has 18 heavy (non-hydrogen) atoms. The molecule has 0 spiro atoms. The lowest BCUT2D eigenvalue weighted by molar-refractivity contribution is 0.0598. The average molecular weight is 265 g/mol. The van der Waals surface area contributed by atoms with Gasteiger partial charge < -0.3 is 9.16 Å². The molecule has 0 aliphatic heterocycles. The highest BCUT2D eigenvalue weighted by Crippen LogP contribution is 2.29. The van der Waals surface area contributed by atoms with Gasteiger partial charge in [0.25, 0.3) is 9.04 Å². The van der Waals surface area contributed by atoms with Gasteiger partial charge in [-0.1, -0.05) is 26.8 Å². The van der Waals surface area contributed by atoms with Gasteiger partial charge in [0.15, 0.2) is 0 Å². The van der Waals surface area contributed by atoms with Gasteiger partial charge in [-0.05, 0) is 36.2 Å². The Morgan fingerprint density at radius 1 is 1.22 bits per heavy atom. The minimum absolute atomic E-state index is 0.0289. The van der Waals surface area contributed by atoms with Crippen LogP contribution in [-0.2, 0) is 10.2 Å². The summed E-state index contributed by atoms with van der Waals surface area (Å²) in [6, 6.07) is 5.69. The molecule has 1 aromatic carbocycles. The first-order valence-corrected chi connectivity index (χ1v) is 8.37. The van der Waals surface area contributed by atoms with Gasteiger partial charge in [-0.15, -0.1) is 0 Å². The number of benzene rings is 1. The molecule has 3 nitrogen and oxygen atoms in total. The fourth-order valence-corrected chi connectivity index (χ4v) is 2.18. The molecule has 0 heterocycles. The molecule has 0 atom stereocenters. The van der Waals surface area contributed by atoms with Crippen molar-refractivity contribution in [3.63, 3.8) is 0 Å². The molecule has 4 heteroatoms. The fraction of sp³-hybridized carbons (Fsp3) is 0.500. The second kappa shape index (κ2) is 5.57. The second-order valence-corrected chi connectivity index (χ2v) is 7.48. The third-order valence-electron chi connectivity index (χ3n) is 2.57. The van der Waals surface area contributed by atoms with E-state index in [1.807, 2.05) is 25.2 Å². The molecule has 0 bridgehead atoms. The Hall–Kier alpha value is -1.29. The molecule has 1 aromatic rings. The molecule has 0 amide bonds. The van der Waals surface area contributed by atoms with Gasteiger partial charge in [-0.25, -0.2) is 4.79 Å². The summed E-state index contributed by atoms with van der Waals surface area (Å²) in [5.41, 5.74) is 1.67. The van der Waals surface area contributed by atoms with Crippen molar-refractivity contribution in [1.29, 1.82) is 0 Å². The SMILES string of the molecule is COC(=O)c1ccc(C(C)(C)C)cc1O[Si](C)C. The molecule has 0 aliphatic carbocycles. The minimum Gasteiger partial charge on any atom is -0.542 e. The number of carbonyl (C=O) groups excluding carboxylic acids is 1. The van der Waals surface area contributed by atoms with E-state index in [9.17, 15) is 4.79 Å².